The van der Waals surface area contributed by atoms with E-state index in [9.17, 15) is 9.59 Å². The molecule has 28 heavy (non-hydrogen) atoms. The molecule has 0 spiro atoms. The molecule has 0 saturated heterocycles. The maximum absolute atomic E-state index is 12.2. The van der Waals surface area contributed by atoms with E-state index in [4.69, 9.17) is 27.9 Å². The lowest BCUT2D eigenvalue weighted by Gasteiger charge is -2.16. The number of nitrogens with one attached hydrogen (secondary N) is 1. The highest BCUT2D eigenvalue weighted by molar-refractivity contribution is 7.18. The quantitative estimate of drug-likeness (QED) is 0.600. The van der Waals surface area contributed by atoms with Crippen LogP contribution in [0, 0.1) is 0 Å². The first-order valence-electron chi connectivity index (χ1n) is 8.33. The number of thiazole rings is 1. The Hall–Kier alpha value is -2.19. The van der Waals surface area contributed by atoms with Crippen LogP contribution in [0.2, 0.25) is 10.0 Å². The van der Waals surface area contributed by atoms with Crippen molar-refractivity contribution in [2.24, 2.45) is 0 Å². The zero-order valence-electron chi connectivity index (χ0n) is 14.9. The Balaban J connectivity index is 1.44. The topological polar surface area (TPSA) is 71.5 Å². The molecule has 1 N–H and O–H groups in total. The van der Waals surface area contributed by atoms with Crippen LogP contribution in [0.15, 0.2) is 42.5 Å². The molecule has 6 nitrogen and oxygen atoms in total. The SMILES string of the molecule is CN(CC(=O)Nc1ccc(Cl)c(Cl)c1)C(=O)COCc1nc2ccccc2s1. The zero-order valence-corrected chi connectivity index (χ0v) is 17.3. The Morgan fingerprint density at radius 1 is 1.18 bits per heavy atom. The third-order valence-corrected chi connectivity index (χ3v) is 5.55. The van der Waals surface area contributed by atoms with Gasteiger partial charge >= 0.3 is 0 Å². The highest BCUT2D eigenvalue weighted by Crippen LogP contribution is 2.25. The van der Waals surface area contributed by atoms with Gasteiger partial charge < -0.3 is 15.0 Å². The predicted molar refractivity (Wildman–Crippen MR) is 112 cm³/mol. The van der Waals surface area contributed by atoms with Crippen molar-refractivity contribution >= 4 is 62.3 Å². The third-order valence-electron chi connectivity index (χ3n) is 3.80. The molecule has 0 saturated carbocycles. The van der Waals surface area contributed by atoms with Gasteiger partial charge in [-0.1, -0.05) is 35.3 Å². The molecule has 9 heteroatoms. The van der Waals surface area contributed by atoms with Crippen LogP contribution in [0.1, 0.15) is 5.01 Å². The zero-order chi connectivity index (χ0) is 20.1. The number of carbonyl (C=O) groups excluding carboxylic acids is 2. The molecule has 0 bridgehead atoms. The maximum atomic E-state index is 12.2. The van der Waals surface area contributed by atoms with Crippen molar-refractivity contribution in [1.29, 1.82) is 0 Å². The normalized spacial score (nSPS) is 10.8. The monoisotopic (exact) mass is 437 g/mol. The molecule has 0 aliphatic rings. The van der Waals surface area contributed by atoms with Gasteiger partial charge in [0, 0.05) is 12.7 Å². The van der Waals surface area contributed by atoms with E-state index in [1.54, 1.807) is 18.2 Å². The van der Waals surface area contributed by atoms with Gasteiger partial charge in [-0.15, -0.1) is 11.3 Å². The van der Waals surface area contributed by atoms with Gasteiger partial charge in [-0.3, -0.25) is 9.59 Å². The van der Waals surface area contributed by atoms with Crippen LogP contribution in [-0.4, -0.2) is 41.9 Å². The van der Waals surface area contributed by atoms with Crippen molar-refractivity contribution in [2.45, 2.75) is 6.61 Å². The van der Waals surface area contributed by atoms with Crippen molar-refractivity contribution in [3.05, 3.63) is 57.5 Å². The largest absolute Gasteiger partial charge is 0.364 e. The van der Waals surface area contributed by atoms with Crippen LogP contribution >= 0.6 is 34.5 Å². The Morgan fingerprint density at radius 3 is 2.71 bits per heavy atom. The van der Waals surface area contributed by atoms with E-state index in [0.717, 1.165) is 15.2 Å². The van der Waals surface area contributed by atoms with Gasteiger partial charge in [0.2, 0.25) is 11.8 Å². The summed E-state index contributed by atoms with van der Waals surface area (Å²) in [7, 11) is 1.54. The summed E-state index contributed by atoms with van der Waals surface area (Å²) in [6.07, 6.45) is 0. The number of nitrogens with zero attached hydrogens (tertiary/aromatic N) is 2. The van der Waals surface area contributed by atoms with Crippen molar-refractivity contribution in [3.63, 3.8) is 0 Å². The van der Waals surface area contributed by atoms with Crippen molar-refractivity contribution in [2.75, 3.05) is 25.5 Å². The lowest BCUT2D eigenvalue weighted by Crippen LogP contribution is -2.37. The first-order valence-corrected chi connectivity index (χ1v) is 9.90. The third kappa shape index (κ3) is 5.42. The number of hydrogen-bond acceptors (Lipinski definition) is 5. The van der Waals surface area contributed by atoms with Gasteiger partial charge in [-0.25, -0.2) is 4.98 Å². The van der Waals surface area contributed by atoms with Crippen LogP contribution in [0.3, 0.4) is 0 Å². The van der Waals surface area contributed by atoms with Crippen molar-refractivity contribution in [1.82, 2.24) is 9.88 Å². The fourth-order valence-electron chi connectivity index (χ4n) is 2.40. The first kappa shape index (κ1) is 20.5. The standard InChI is InChI=1S/C19H17Cl2N3O3S/c1-24(9-17(25)22-12-6-7-13(20)14(21)8-12)19(26)11-27-10-18-23-15-4-2-3-5-16(15)28-18/h2-8H,9-11H2,1H3,(H,22,25). The number of likely N-dealkylation sites (N-methyl/N-ethyl adjacent to an activating group) is 1. The smallest absolute Gasteiger partial charge is 0.248 e. The fourth-order valence-corrected chi connectivity index (χ4v) is 3.60. The van der Waals surface area contributed by atoms with E-state index in [1.807, 2.05) is 24.3 Å². The molecule has 0 aliphatic heterocycles. The lowest BCUT2D eigenvalue weighted by atomic mass is 10.3. The van der Waals surface area contributed by atoms with E-state index in [2.05, 4.69) is 10.3 Å². The second kappa shape index (κ2) is 9.34. The molecule has 0 unspecified atom stereocenters. The number of anilines is 1. The van der Waals surface area contributed by atoms with Crippen molar-refractivity contribution < 1.29 is 14.3 Å². The number of ether oxygens (including phenoxy) is 1. The van der Waals surface area contributed by atoms with Crippen LogP contribution in [0.4, 0.5) is 5.69 Å². The summed E-state index contributed by atoms with van der Waals surface area (Å²) in [5.74, 6) is -0.647. The number of para-hydroxylation sites is 1. The summed E-state index contributed by atoms with van der Waals surface area (Å²) in [5.41, 5.74) is 1.42. The molecule has 146 valence electrons. The molecule has 2 aromatic carbocycles. The van der Waals surface area contributed by atoms with Crippen molar-refractivity contribution in [3.8, 4) is 0 Å². The molecule has 0 fully saturated rings. The number of rotatable bonds is 7. The number of benzene rings is 2. The molecule has 0 radical (unpaired) electrons. The van der Waals surface area contributed by atoms with E-state index in [1.165, 1.54) is 23.3 Å². The van der Waals surface area contributed by atoms with Gasteiger partial charge in [0.1, 0.15) is 11.6 Å². The maximum Gasteiger partial charge on any atom is 0.248 e. The summed E-state index contributed by atoms with van der Waals surface area (Å²) < 4.78 is 6.53. The summed E-state index contributed by atoms with van der Waals surface area (Å²) in [5, 5.41) is 4.21. The van der Waals surface area contributed by atoms with Crippen LogP contribution < -0.4 is 5.32 Å². The van der Waals surface area contributed by atoms with E-state index in [-0.39, 0.29) is 31.6 Å². The number of aromatic nitrogens is 1. The minimum absolute atomic E-state index is 0.108. The fraction of sp³-hybridized carbons (Fsp3) is 0.211. The lowest BCUT2D eigenvalue weighted by molar-refractivity contribution is -0.137. The Labute approximate surface area is 176 Å². The highest BCUT2D eigenvalue weighted by Gasteiger charge is 2.14. The van der Waals surface area contributed by atoms with Gasteiger partial charge in [-0.2, -0.15) is 0 Å². The van der Waals surface area contributed by atoms with E-state index >= 15 is 0 Å². The number of hydrogen-bond donors (Lipinski definition) is 1. The number of fused-ring (bicyclic) bond motifs is 1. The molecule has 1 aromatic heterocycles. The molecule has 1 heterocycles. The Bertz CT molecular complexity index is 976. The molecule has 3 rings (SSSR count). The minimum atomic E-state index is -0.347. The van der Waals surface area contributed by atoms with Crippen LogP contribution in [-0.2, 0) is 20.9 Å². The second-order valence-electron chi connectivity index (χ2n) is 5.99. The van der Waals surface area contributed by atoms with Gasteiger partial charge in [0.15, 0.2) is 0 Å². The summed E-state index contributed by atoms with van der Waals surface area (Å²) in [6, 6.07) is 12.6. The van der Waals surface area contributed by atoms with Crippen LogP contribution in [0.5, 0.6) is 0 Å². The Morgan fingerprint density at radius 2 is 1.96 bits per heavy atom. The number of carbonyl (C=O) groups is 2. The number of halogens is 2. The average molecular weight is 438 g/mol. The summed E-state index contributed by atoms with van der Waals surface area (Å²) in [6.45, 7) is 0.00442. The minimum Gasteiger partial charge on any atom is -0.364 e. The highest BCUT2D eigenvalue weighted by atomic mass is 35.5. The summed E-state index contributed by atoms with van der Waals surface area (Å²) >= 11 is 13.3. The van der Waals surface area contributed by atoms with Gasteiger partial charge in [0.05, 0.1) is 33.4 Å². The molecular weight excluding hydrogens is 421 g/mol. The second-order valence-corrected chi connectivity index (χ2v) is 7.92. The van der Waals surface area contributed by atoms with Crippen LogP contribution in [0.25, 0.3) is 10.2 Å². The Kier molecular flexibility index (Phi) is 6.85. The van der Waals surface area contributed by atoms with Gasteiger partial charge in [0.25, 0.3) is 0 Å². The molecular formula is C19H17Cl2N3O3S. The van der Waals surface area contributed by atoms with E-state index < -0.39 is 0 Å². The first-order chi connectivity index (χ1) is 13.4. The van der Waals surface area contributed by atoms with E-state index in [0.29, 0.717) is 15.7 Å². The predicted octanol–water partition coefficient (Wildman–Crippen LogP) is 4.22. The summed E-state index contributed by atoms with van der Waals surface area (Å²) in [4.78, 5) is 30.0. The molecule has 0 aliphatic carbocycles. The molecule has 2 amide bonds. The average Bonchev–Trinajstić information content (AvgIpc) is 3.07. The number of amides is 2. The molecule has 0 atom stereocenters. The molecule has 3 aromatic rings. The van der Waals surface area contributed by atoms with Gasteiger partial charge in [-0.05, 0) is 30.3 Å².